The van der Waals surface area contributed by atoms with Gasteiger partial charge < -0.3 is 9.84 Å². The van der Waals surface area contributed by atoms with Crippen molar-refractivity contribution in [3.8, 4) is 11.1 Å². The van der Waals surface area contributed by atoms with Crippen molar-refractivity contribution in [2.75, 3.05) is 5.32 Å². The molecule has 3 rings (SSSR count). The van der Waals surface area contributed by atoms with Gasteiger partial charge in [0.05, 0.1) is 6.54 Å². The van der Waals surface area contributed by atoms with Gasteiger partial charge in [-0.3, -0.25) is 0 Å². The Morgan fingerprint density at radius 2 is 1.75 bits per heavy atom. The van der Waals surface area contributed by atoms with Gasteiger partial charge in [0, 0.05) is 18.2 Å². The fraction of sp³-hybridized carbons (Fsp3) is 0.125. The van der Waals surface area contributed by atoms with Gasteiger partial charge in [-0.15, -0.1) is 0 Å². The van der Waals surface area contributed by atoms with Gasteiger partial charge in [-0.2, -0.15) is 4.98 Å². The number of aromatic nitrogens is 2. The predicted octanol–water partition coefficient (Wildman–Crippen LogP) is 3.66. The summed E-state index contributed by atoms with van der Waals surface area (Å²) < 4.78 is 4.97. The van der Waals surface area contributed by atoms with Gasteiger partial charge in [0.15, 0.2) is 5.82 Å². The van der Waals surface area contributed by atoms with Gasteiger partial charge in [0.2, 0.25) is 5.89 Å². The van der Waals surface area contributed by atoms with E-state index in [2.05, 4.69) is 39.7 Å². The first-order valence-electron chi connectivity index (χ1n) is 6.50. The molecule has 0 amide bonds. The Bertz CT molecular complexity index is 692. The molecule has 0 unspecified atom stereocenters. The molecule has 0 bridgehead atoms. The molecule has 0 saturated carbocycles. The van der Waals surface area contributed by atoms with Crippen LogP contribution in [-0.4, -0.2) is 10.1 Å². The van der Waals surface area contributed by atoms with E-state index in [0.717, 1.165) is 11.3 Å². The minimum Gasteiger partial charge on any atom is -0.377 e. The first-order valence-corrected chi connectivity index (χ1v) is 6.50. The molecule has 20 heavy (non-hydrogen) atoms. The maximum Gasteiger partial charge on any atom is 0.223 e. The molecular formula is C16H15N3O. The molecule has 0 aliphatic heterocycles. The minimum absolute atomic E-state index is 0.543. The summed E-state index contributed by atoms with van der Waals surface area (Å²) in [5.74, 6) is 1.24. The number of anilines is 1. The molecule has 4 heteroatoms. The maximum absolute atomic E-state index is 4.97. The van der Waals surface area contributed by atoms with E-state index >= 15 is 0 Å². The van der Waals surface area contributed by atoms with Crippen molar-refractivity contribution in [1.29, 1.82) is 0 Å². The van der Waals surface area contributed by atoms with Gasteiger partial charge in [0.1, 0.15) is 0 Å². The van der Waals surface area contributed by atoms with Crippen molar-refractivity contribution in [1.82, 2.24) is 10.1 Å². The van der Waals surface area contributed by atoms with Crippen molar-refractivity contribution in [2.24, 2.45) is 0 Å². The molecule has 0 fully saturated rings. The standard InChI is InChI=1S/C16H15N3O/c1-12-18-16(19-20-12)11-17-15-10-6-5-9-14(15)13-7-3-2-4-8-13/h2-10,17H,11H2,1H3. The Balaban J connectivity index is 1.83. The van der Waals surface area contributed by atoms with Crippen molar-refractivity contribution < 1.29 is 4.52 Å². The topological polar surface area (TPSA) is 51.0 Å². The lowest BCUT2D eigenvalue weighted by atomic mass is 10.0. The lowest BCUT2D eigenvalue weighted by Gasteiger charge is -2.10. The summed E-state index contributed by atoms with van der Waals surface area (Å²) in [6, 6.07) is 18.5. The number of rotatable bonds is 4. The molecule has 0 atom stereocenters. The zero-order valence-corrected chi connectivity index (χ0v) is 11.2. The number of hydrogen-bond acceptors (Lipinski definition) is 4. The van der Waals surface area contributed by atoms with Crippen molar-refractivity contribution in [3.63, 3.8) is 0 Å². The molecule has 1 heterocycles. The zero-order chi connectivity index (χ0) is 13.8. The van der Waals surface area contributed by atoms with Crippen LogP contribution in [0, 0.1) is 6.92 Å². The highest BCUT2D eigenvalue weighted by Crippen LogP contribution is 2.27. The second kappa shape index (κ2) is 5.57. The summed E-state index contributed by atoms with van der Waals surface area (Å²) in [4.78, 5) is 4.19. The van der Waals surface area contributed by atoms with Crippen molar-refractivity contribution in [3.05, 3.63) is 66.3 Å². The van der Waals surface area contributed by atoms with Crippen molar-refractivity contribution in [2.45, 2.75) is 13.5 Å². The molecule has 0 aliphatic carbocycles. The molecule has 4 nitrogen and oxygen atoms in total. The normalized spacial score (nSPS) is 10.4. The van der Waals surface area contributed by atoms with Crippen LogP contribution in [0.1, 0.15) is 11.7 Å². The van der Waals surface area contributed by atoms with E-state index in [1.807, 2.05) is 30.3 Å². The molecular weight excluding hydrogens is 250 g/mol. The molecule has 1 N–H and O–H groups in total. The monoisotopic (exact) mass is 265 g/mol. The van der Waals surface area contributed by atoms with Gasteiger partial charge in [-0.1, -0.05) is 53.7 Å². The van der Waals surface area contributed by atoms with Crippen LogP contribution >= 0.6 is 0 Å². The number of para-hydroxylation sites is 1. The third-order valence-electron chi connectivity index (χ3n) is 3.02. The average molecular weight is 265 g/mol. The minimum atomic E-state index is 0.543. The number of aryl methyl sites for hydroxylation is 1. The van der Waals surface area contributed by atoms with E-state index in [1.54, 1.807) is 6.92 Å². The van der Waals surface area contributed by atoms with Crippen LogP contribution in [0.4, 0.5) is 5.69 Å². The maximum atomic E-state index is 4.97. The van der Waals surface area contributed by atoms with Crippen LogP contribution in [0.3, 0.4) is 0 Å². The summed E-state index contributed by atoms with van der Waals surface area (Å²) in [6.45, 7) is 2.33. The van der Waals surface area contributed by atoms with Crippen LogP contribution in [0.2, 0.25) is 0 Å². The fourth-order valence-corrected chi connectivity index (χ4v) is 2.09. The highest BCUT2D eigenvalue weighted by atomic mass is 16.5. The van der Waals surface area contributed by atoms with Crippen LogP contribution in [0.25, 0.3) is 11.1 Å². The molecule has 0 spiro atoms. The molecule has 0 saturated heterocycles. The second-order valence-corrected chi connectivity index (χ2v) is 4.49. The number of nitrogens with one attached hydrogen (secondary N) is 1. The van der Waals surface area contributed by atoms with E-state index in [9.17, 15) is 0 Å². The van der Waals surface area contributed by atoms with Crippen molar-refractivity contribution >= 4 is 5.69 Å². The SMILES string of the molecule is Cc1nc(CNc2ccccc2-c2ccccc2)no1. The Morgan fingerprint density at radius 3 is 2.50 bits per heavy atom. The highest BCUT2D eigenvalue weighted by Gasteiger charge is 2.06. The summed E-state index contributed by atoms with van der Waals surface area (Å²) in [6.07, 6.45) is 0. The van der Waals surface area contributed by atoms with E-state index < -0.39 is 0 Å². The number of benzene rings is 2. The molecule has 0 radical (unpaired) electrons. The molecule has 3 aromatic rings. The predicted molar refractivity (Wildman–Crippen MR) is 78.2 cm³/mol. The Kier molecular flexibility index (Phi) is 3.46. The van der Waals surface area contributed by atoms with E-state index in [-0.39, 0.29) is 0 Å². The van der Waals surface area contributed by atoms with E-state index in [4.69, 9.17) is 4.52 Å². The first kappa shape index (κ1) is 12.4. The smallest absolute Gasteiger partial charge is 0.223 e. The first-order chi connectivity index (χ1) is 9.83. The van der Waals surface area contributed by atoms with Gasteiger partial charge in [0.25, 0.3) is 0 Å². The molecule has 1 aromatic heterocycles. The Morgan fingerprint density at radius 1 is 1.00 bits per heavy atom. The summed E-state index contributed by atoms with van der Waals surface area (Å²) in [5.41, 5.74) is 3.40. The lowest BCUT2D eigenvalue weighted by molar-refractivity contribution is 0.388. The number of nitrogens with zero attached hydrogens (tertiary/aromatic N) is 2. The summed E-state index contributed by atoms with van der Waals surface area (Å²) >= 11 is 0. The third-order valence-corrected chi connectivity index (χ3v) is 3.02. The molecule has 2 aromatic carbocycles. The number of hydrogen-bond donors (Lipinski definition) is 1. The largest absolute Gasteiger partial charge is 0.377 e. The quantitative estimate of drug-likeness (QED) is 0.782. The van der Waals surface area contributed by atoms with Gasteiger partial charge >= 0.3 is 0 Å². The third kappa shape index (κ3) is 2.69. The van der Waals surface area contributed by atoms with E-state index in [1.165, 1.54) is 5.56 Å². The summed E-state index contributed by atoms with van der Waals surface area (Å²) in [5, 5.41) is 7.24. The van der Waals surface area contributed by atoms with Crippen LogP contribution < -0.4 is 5.32 Å². The zero-order valence-electron chi connectivity index (χ0n) is 11.2. The summed E-state index contributed by atoms with van der Waals surface area (Å²) in [7, 11) is 0. The van der Waals surface area contributed by atoms with Crippen LogP contribution in [-0.2, 0) is 6.54 Å². The van der Waals surface area contributed by atoms with Crippen LogP contribution in [0.15, 0.2) is 59.1 Å². The molecule has 100 valence electrons. The van der Waals surface area contributed by atoms with Crippen LogP contribution in [0.5, 0.6) is 0 Å². The van der Waals surface area contributed by atoms with Gasteiger partial charge in [-0.05, 0) is 11.6 Å². The fourth-order valence-electron chi connectivity index (χ4n) is 2.09. The highest BCUT2D eigenvalue weighted by molar-refractivity contribution is 5.77. The Hall–Kier alpha value is -2.62. The lowest BCUT2D eigenvalue weighted by Crippen LogP contribution is -2.02. The molecule has 0 aliphatic rings. The van der Waals surface area contributed by atoms with E-state index in [0.29, 0.717) is 18.3 Å². The Labute approximate surface area is 117 Å². The van der Waals surface area contributed by atoms with Gasteiger partial charge in [-0.25, -0.2) is 0 Å². The second-order valence-electron chi connectivity index (χ2n) is 4.49. The average Bonchev–Trinajstić information content (AvgIpc) is 2.92.